The maximum absolute atomic E-state index is 11.7. The van der Waals surface area contributed by atoms with Crippen molar-refractivity contribution >= 4 is 5.91 Å². The molecule has 0 saturated carbocycles. The van der Waals surface area contributed by atoms with E-state index in [4.69, 9.17) is 0 Å². The Morgan fingerprint density at radius 2 is 2.11 bits per heavy atom. The van der Waals surface area contributed by atoms with E-state index in [0.29, 0.717) is 0 Å². The Bertz CT molecular complexity index is 442. The lowest BCUT2D eigenvalue weighted by atomic mass is 10.00. The van der Waals surface area contributed by atoms with Gasteiger partial charge in [0.25, 0.3) is 0 Å². The molecule has 3 nitrogen and oxygen atoms in total. The van der Waals surface area contributed by atoms with E-state index in [2.05, 4.69) is 49.6 Å². The fourth-order valence-electron chi connectivity index (χ4n) is 2.36. The molecule has 2 unspecified atom stereocenters. The molecule has 1 aliphatic rings. The van der Waals surface area contributed by atoms with Crippen molar-refractivity contribution in [1.82, 2.24) is 10.6 Å². The number of rotatable bonds is 3. The van der Waals surface area contributed by atoms with Gasteiger partial charge in [-0.15, -0.1) is 0 Å². The smallest absolute Gasteiger partial charge is 0.237 e. The van der Waals surface area contributed by atoms with Crippen LogP contribution in [0.5, 0.6) is 0 Å². The number of amides is 1. The lowest BCUT2D eigenvalue weighted by Gasteiger charge is -2.26. The molecule has 3 heteroatoms. The highest BCUT2D eigenvalue weighted by Crippen LogP contribution is 2.18. The molecule has 0 radical (unpaired) electrons. The summed E-state index contributed by atoms with van der Waals surface area (Å²) in [5.74, 6) is 0.136. The van der Waals surface area contributed by atoms with E-state index in [1.807, 2.05) is 0 Å². The van der Waals surface area contributed by atoms with Crippen LogP contribution in [-0.2, 0) is 4.79 Å². The van der Waals surface area contributed by atoms with Crippen LogP contribution in [0.2, 0.25) is 0 Å². The van der Waals surface area contributed by atoms with Crippen LogP contribution in [0, 0.1) is 13.8 Å². The minimum atomic E-state index is -0.0460. The average Bonchev–Trinajstić information content (AvgIpc) is 2.35. The number of hydrogen-bond acceptors (Lipinski definition) is 2. The standard InChI is InChI=1S/C15H22N2O/c1-10-6-7-13(9-11(10)2)12(3)17-14-5-4-8-16-15(14)18/h6-7,9,12,14,17H,4-5,8H2,1-3H3,(H,16,18). The second-order valence-corrected chi connectivity index (χ2v) is 5.22. The monoisotopic (exact) mass is 246 g/mol. The number of carbonyl (C=O) groups excluding carboxylic acids is 1. The van der Waals surface area contributed by atoms with Crippen LogP contribution in [0.15, 0.2) is 18.2 Å². The van der Waals surface area contributed by atoms with Gasteiger partial charge in [-0.2, -0.15) is 0 Å². The summed E-state index contributed by atoms with van der Waals surface area (Å²) in [5, 5.41) is 6.33. The Kier molecular flexibility index (Phi) is 4.02. The molecule has 18 heavy (non-hydrogen) atoms. The topological polar surface area (TPSA) is 41.1 Å². The number of carbonyl (C=O) groups is 1. The maximum atomic E-state index is 11.7. The van der Waals surface area contributed by atoms with Crippen LogP contribution < -0.4 is 10.6 Å². The third kappa shape index (κ3) is 2.91. The molecule has 1 aromatic rings. The Morgan fingerprint density at radius 3 is 2.78 bits per heavy atom. The van der Waals surface area contributed by atoms with E-state index in [-0.39, 0.29) is 18.0 Å². The number of aryl methyl sites for hydroxylation is 2. The van der Waals surface area contributed by atoms with Gasteiger partial charge in [-0.1, -0.05) is 18.2 Å². The van der Waals surface area contributed by atoms with E-state index >= 15 is 0 Å². The molecule has 1 amide bonds. The number of benzene rings is 1. The van der Waals surface area contributed by atoms with Gasteiger partial charge in [-0.05, 0) is 50.3 Å². The lowest BCUT2D eigenvalue weighted by Crippen LogP contribution is -2.48. The normalized spacial score (nSPS) is 21.5. The minimum absolute atomic E-state index is 0.0460. The fraction of sp³-hybridized carbons (Fsp3) is 0.533. The maximum Gasteiger partial charge on any atom is 0.237 e. The molecule has 1 aromatic carbocycles. The number of nitrogens with one attached hydrogen (secondary N) is 2. The first-order chi connectivity index (χ1) is 8.58. The molecule has 2 atom stereocenters. The third-order valence-corrected chi connectivity index (χ3v) is 3.77. The van der Waals surface area contributed by atoms with Crippen molar-refractivity contribution in [3.63, 3.8) is 0 Å². The SMILES string of the molecule is Cc1ccc(C(C)NC2CCCNC2=O)cc1C. The molecule has 1 heterocycles. The van der Waals surface area contributed by atoms with Crippen molar-refractivity contribution in [1.29, 1.82) is 0 Å². The van der Waals surface area contributed by atoms with Gasteiger partial charge in [0.15, 0.2) is 0 Å². The first-order valence-electron chi connectivity index (χ1n) is 6.69. The zero-order valence-electron chi connectivity index (χ0n) is 11.4. The Labute approximate surface area is 109 Å². The molecule has 1 aliphatic heterocycles. The summed E-state index contributed by atoms with van der Waals surface area (Å²) in [6, 6.07) is 6.65. The van der Waals surface area contributed by atoms with E-state index in [1.165, 1.54) is 16.7 Å². The van der Waals surface area contributed by atoms with E-state index in [0.717, 1.165) is 19.4 Å². The van der Waals surface area contributed by atoms with Crippen LogP contribution in [0.1, 0.15) is 42.5 Å². The van der Waals surface area contributed by atoms with E-state index in [9.17, 15) is 4.79 Å². The van der Waals surface area contributed by atoms with Gasteiger partial charge in [0.1, 0.15) is 0 Å². The van der Waals surface area contributed by atoms with Crippen LogP contribution in [-0.4, -0.2) is 18.5 Å². The largest absolute Gasteiger partial charge is 0.355 e. The van der Waals surface area contributed by atoms with Crippen molar-refractivity contribution in [2.75, 3.05) is 6.54 Å². The quantitative estimate of drug-likeness (QED) is 0.858. The number of piperidine rings is 1. The molecule has 0 bridgehead atoms. The molecule has 1 fully saturated rings. The van der Waals surface area contributed by atoms with Crippen LogP contribution in [0.25, 0.3) is 0 Å². The summed E-state index contributed by atoms with van der Waals surface area (Å²) >= 11 is 0. The minimum Gasteiger partial charge on any atom is -0.355 e. The zero-order chi connectivity index (χ0) is 13.1. The summed E-state index contributed by atoms with van der Waals surface area (Å²) in [6.07, 6.45) is 1.99. The summed E-state index contributed by atoms with van der Waals surface area (Å²) < 4.78 is 0. The van der Waals surface area contributed by atoms with Gasteiger partial charge < -0.3 is 5.32 Å². The highest BCUT2D eigenvalue weighted by Gasteiger charge is 2.23. The molecule has 0 aromatic heterocycles. The van der Waals surface area contributed by atoms with Gasteiger partial charge >= 0.3 is 0 Å². The molecular weight excluding hydrogens is 224 g/mol. The Balaban J connectivity index is 2.04. The lowest BCUT2D eigenvalue weighted by molar-refractivity contribution is -0.124. The van der Waals surface area contributed by atoms with Crippen LogP contribution in [0.4, 0.5) is 0 Å². The average molecular weight is 246 g/mol. The zero-order valence-corrected chi connectivity index (χ0v) is 11.4. The highest BCUT2D eigenvalue weighted by atomic mass is 16.2. The van der Waals surface area contributed by atoms with Crippen molar-refractivity contribution in [3.05, 3.63) is 34.9 Å². The molecule has 0 aliphatic carbocycles. The molecule has 1 saturated heterocycles. The van der Waals surface area contributed by atoms with Crippen molar-refractivity contribution < 1.29 is 4.79 Å². The van der Waals surface area contributed by atoms with Crippen molar-refractivity contribution in [2.45, 2.75) is 45.7 Å². The van der Waals surface area contributed by atoms with E-state index < -0.39 is 0 Å². The summed E-state index contributed by atoms with van der Waals surface area (Å²) in [4.78, 5) is 11.7. The first-order valence-corrected chi connectivity index (χ1v) is 6.69. The molecular formula is C15H22N2O. The van der Waals surface area contributed by atoms with Gasteiger partial charge in [0.2, 0.25) is 5.91 Å². The summed E-state index contributed by atoms with van der Waals surface area (Å²) in [7, 11) is 0. The predicted octanol–water partition coefficient (Wildman–Crippen LogP) is 2.23. The second kappa shape index (κ2) is 5.53. The summed E-state index contributed by atoms with van der Waals surface area (Å²) in [5.41, 5.74) is 3.85. The highest BCUT2D eigenvalue weighted by molar-refractivity contribution is 5.82. The van der Waals surface area contributed by atoms with Gasteiger partial charge in [-0.3, -0.25) is 10.1 Å². The Morgan fingerprint density at radius 1 is 1.33 bits per heavy atom. The van der Waals surface area contributed by atoms with Gasteiger partial charge in [0.05, 0.1) is 6.04 Å². The fourth-order valence-corrected chi connectivity index (χ4v) is 2.36. The van der Waals surface area contributed by atoms with Gasteiger partial charge in [-0.25, -0.2) is 0 Å². The molecule has 2 N–H and O–H groups in total. The third-order valence-electron chi connectivity index (χ3n) is 3.77. The van der Waals surface area contributed by atoms with Crippen LogP contribution >= 0.6 is 0 Å². The Hall–Kier alpha value is -1.35. The van der Waals surface area contributed by atoms with Crippen molar-refractivity contribution in [2.24, 2.45) is 0 Å². The summed E-state index contributed by atoms with van der Waals surface area (Å²) in [6.45, 7) is 7.17. The van der Waals surface area contributed by atoms with E-state index in [1.54, 1.807) is 0 Å². The predicted molar refractivity (Wildman–Crippen MR) is 73.5 cm³/mol. The molecule has 98 valence electrons. The molecule has 2 rings (SSSR count). The van der Waals surface area contributed by atoms with Crippen LogP contribution in [0.3, 0.4) is 0 Å². The van der Waals surface area contributed by atoms with Crippen molar-refractivity contribution in [3.8, 4) is 0 Å². The second-order valence-electron chi connectivity index (χ2n) is 5.22. The number of hydrogen-bond donors (Lipinski definition) is 2. The first kappa shape index (κ1) is 13.1. The molecule has 0 spiro atoms. The van der Waals surface area contributed by atoms with Gasteiger partial charge in [0, 0.05) is 12.6 Å².